The first-order valence-electron chi connectivity index (χ1n) is 8.49. The van der Waals surface area contributed by atoms with Crippen molar-refractivity contribution in [1.29, 1.82) is 0 Å². The molecule has 1 aliphatic rings. The molecule has 5 nitrogen and oxygen atoms in total. The van der Waals surface area contributed by atoms with E-state index in [2.05, 4.69) is 27.9 Å². The lowest BCUT2D eigenvalue weighted by atomic mass is 9.98. The Hall–Kier alpha value is -2.53. The summed E-state index contributed by atoms with van der Waals surface area (Å²) in [6, 6.07) is 4.01. The minimum atomic E-state index is -0.00199. The van der Waals surface area contributed by atoms with Crippen molar-refractivity contribution in [1.82, 2.24) is 9.97 Å². The van der Waals surface area contributed by atoms with E-state index in [1.807, 2.05) is 19.9 Å². The number of anilines is 1. The van der Waals surface area contributed by atoms with Gasteiger partial charge in [-0.15, -0.1) is 0 Å². The predicted octanol–water partition coefficient (Wildman–Crippen LogP) is 3.13. The van der Waals surface area contributed by atoms with E-state index in [-0.39, 0.29) is 5.78 Å². The van der Waals surface area contributed by atoms with Crippen molar-refractivity contribution in [3.63, 3.8) is 0 Å². The number of aryl methyl sites for hydroxylation is 3. The predicted molar refractivity (Wildman–Crippen MR) is 99.1 cm³/mol. The van der Waals surface area contributed by atoms with E-state index in [1.165, 1.54) is 5.56 Å². The number of allylic oxidation sites excluding steroid dienone is 1. The topological polar surface area (TPSA) is 55.3 Å². The molecule has 130 valence electrons. The van der Waals surface area contributed by atoms with Crippen molar-refractivity contribution in [3.8, 4) is 0 Å². The number of morpholine rings is 1. The Bertz CT molecular complexity index is 791. The van der Waals surface area contributed by atoms with Crippen LogP contribution in [0.25, 0.3) is 6.08 Å². The molecular weight excluding hydrogens is 314 g/mol. The van der Waals surface area contributed by atoms with Crippen LogP contribution in [-0.4, -0.2) is 42.1 Å². The lowest BCUT2D eigenvalue weighted by Crippen LogP contribution is -2.37. The highest BCUT2D eigenvalue weighted by atomic mass is 16.5. The van der Waals surface area contributed by atoms with Crippen molar-refractivity contribution < 1.29 is 9.53 Å². The first kappa shape index (κ1) is 17.3. The Balaban J connectivity index is 1.71. The zero-order valence-electron chi connectivity index (χ0n) is 15.0. The number of nitrogens with zero attached hydrogens (tertiary/aromatic N) is 3. The van der Waals surface area contributed by atoms with Crippen molar-refractivity contribution >= 4 is 17.8 Å². The average molecular weight is 337 g/mol. The van der Waals surface area contributed by atoms with Crippen LogP contribution in [0.1, 0.15) is 32.6 Å². The minimum Gasteiger partial charge on any atom is -0.378 e. The third-order valence-corrected chi connectivity index (χ3v) is 4.49. The van der Waals surface area contributed by atoms with Gasteiger partial charge in [-0.2, -0.15) is 0 Å². The molecule has 5 heteroatoms. The average Bonchev–Trinajstić information content (AvgIpc) is 2.64. The number of carbonyl (C=O) groups excluding carboxylic acids is 1. The molecule has 0 spiro atoms. The molecule has 0 radical (unpaired) electrons. The van der Waals surface area contributed by atoms with E-state index >= 15 is 0 Å². The van der Waals surface area contributed by atoms with Crippen LogP contribution in [0.3, 0.4) is 0 Å². The summed E-state index contributed by atoms with van der Waals surface area (Å²) in [7, 11) is 0. The maximum Gasteiger partial charge on any atom is 0.225 e. The van der Waals surface area contributed by atoms with Crippen molar-refractivity contribution in [3.05, 3.63) is 58.4 Å². The van der Waals surface area contributed by atoms with Gasteiger partial charge in [-0.25, -0.2) is 9.97 Å². The molecule has 3 rings (SSSR count). The first-order valence-corrected chi connectivity index (χ1v) is 8.49. The molecule has 1 fully saturated rings. The van der Waals surface area contributed by atoms with Gasteiger partial charge in [-0.3, -0.25) is 4.79 Å². The largest absolute Gasteiger partial charge is 0.378 e. The molecule has 1 aromatic heterocycles. The van der Waals surface area contributed by atoms with E-state index < -0.39 is 0 Å². The molecule has 2 aromatic rings. The Morgan fingerprint density at radius 3 is 2.36 bits per heavy atom. The molecule has 1 saturated heterocycles. The number of benzene rings is 1. The quantitative estimate of drug-likeness (QED) is 0.634. The molecule has 25 heavy (non-hydrogen) atoms. The number of carbonyl (C=O) groups is 1. The van der Waals surface area contributed by atoms with E-state index in [9.17, 15) is 4.79 Å². The summed E-state index contributed by atoms with van der Waals surface area (Å²) >= 11 is 0. The van der Waals surface area contributed by atoms with Crippen LogP contribution in [-0.2, 0) is 4.74 Å². The van der Waals surface area contributed by atoms with Gasteiger partial charge in [-0.1, -0.05) is 6.07 Å². The fourth-order valence-corrected chi connectivity index (χ4v) is 2.83. The van der Waals surface area contributed by atoms with Crippen LogP contribution in [0, 0.1) is 20.8 Å². The van der Waals surface area contributed by atoms with Gasteiger partial charge in [0.2, 0.25) is 5.95 Å². The SMILES string of the molecule is Cc1cc(C)c(C(=O)/C=C/c2cnc(N3CCOCC3)nc2)cc1C. The molecule has 0 amide bonds. The molecule has 0 N–H and O–H groups in total. The number of hydrogen-bond donors (Lipinski definition) is 0. The van der Waals surface area contributed by atoms with Crippen molar-refractivity contribution in [2.45, 2.75) is 20.8 Å². The summed E-state index contributed by atoms with van der Waals surface area (Å²) in [4.78, 5) is 23.4. The van der Waals surface area contributed by atoms with E-state index in [1.54, 1.807) is 24.5 Å². The highest BCUT2D eigenvalue weighted by molar-refractivity contribution is 6.07. The van der Waals surface area contributed by atoms with E-state index in [4.69, 9.17) is 4.74 Å². The zero-order valence-corrected chi connectivity index (χ0v) is 15.0. The maximum absolute atomic E-state index is 12.5. The Morgan fingerprint density at radius 2 is 1.68 bits per heavy atom. The minimum absolute atomic E-state index is 0.00199. The summed E-state index contributed by atoms with van der Waals surface area (Å²) in [5, 5.41) is 0. The maximum atomic E-state index is 12.5. The van der Waals surface area contributed by atoms with Crippen LogP contribution in [0.4, 0.5) is 5.95 Å². The monoisotopic (exact) mass is 337 g/mol. The summed E-state index contributed by atoms with van der Waals surface area (Å²) in [5.74, 6) is 0.703. The molecule has 1 aromatic carbocycles. The highest BCUT2D eigenvalue weighted by Crippen LogP contribution is 2.17. The Labute approximate surface area is 148 Å². The van der Waals surface area contributed by atoms with Gasteiger partial charge in [0.1, 0.15) is 0 Å². The lowest BCUT2D eigenvalue weighted by Gasteiger charge is -2.26. The summed E-state index contributed by atoms with van der Waals surface area (Å²) in [5.41, 5.74) is 4.87. The molecule has 2 heterocycles. The van der Waals surface area contributed by atoms with Crippen LogP contribution < -0.4 is 4.90 Å². The van der Waals surface area contributed by atoms with Gasteiger partial charge in [0.05, 0.1) is 13.2 Å². The molecule has 1 aliphatic heterocycles. The Kier molecular flexibility index (Phi) is 5.24. The van der Waals surface area contributed by atoms with Gasteiger partial charge < -0.3 is 9.64 Å². The van der Waals surface area contributed by atoms with Gasteiger partial charge in [0.25, 0.3) is 0 Å². The smallest absolute Gasteiger partial charge is 0.225 e. The number of hydrogen-bond acceptors (Lipinski definition) is 5. The molecule has 0 unspecified atom stereocenters. The number of rotatable bonds is 4. The highest BCUT2D eigenvalue weighted by Gasteiger charge is 2.13. The van der Waals surface area contributed by atoms with Crippen molar-refractivity contribution in [2.75, 3.05) is 31.2 Å². The molecular formula is C20H23N3O2. The van der Waals surface area contributed by atoms with Gasteiger partial charge in [-0.05, 0) is 55.7 Å². The second kappa shape index (κ2) is 7.57. The Morgan fingerprint density at radius 1 is 1.04 bits per heavy atom. The lowest BCUT2D eigenvalue weighted by molar-refractivity contribution is 0.104. The van der Waals surface area contributed by atoms with Gasteiger partial charge >= 0.3 is 0 Å². The second-order valence-corrected chi connectivity index (χ2v) is 6.36. The zero-order chi connectivity index (χ0) is 17.8. The van der Waals surface area contributed by atoms with E-state index in [0.717, 1.165) is 35.3 Å². The fraction of sp³-hybridized carbons (Fsp3) is 0.350. The third kappa shape index (κ3) is 4.12. The molecule has 0 atom stereocenters. The number of ketones is 1. The van der Waals surface area contributed by atoms with Crippen LogP contribution in [0.15, 0.2) is 30.6 Å². The van der Waals surface area contributed by atoms with Crippen LogP contribution in [0.5, 0.6) is 0 Å². The van der Waals surface area contributed by atoms with Gasteiger partial charge in [0.15, 0.2) is 5.78 Å². The van der Waals surface area contributed by atoms with E-state index in [0.29, 0.717) is 19.2 Å². The summed E-state index contributed by atoms with van der Waals surface area (Å²) < 4.78 is 5.33. The van der Waals surface area contributed by atoms with Crippen LogP contribution in [0.2, 0.25) is 0 Å². The first-order chi connectivity index (χ1) is 12.0. The number of aromatic nitrogens is 2. The fourth-order valence-electron chi connectivity index (χ4n) is 2.83. The summed E-state index contributed by atoms with van der Waals surface area (Å²) in [6.07, 6.45) is 6.84. The van der Waals surface area contributed by atoms with Crippen molar-refractivity contribution in [2.24, 2.45) is 0 Å². The third-order valence-electron chi connectivity index (χ3n) is 4.49. The van der Waals surface area contributed by atoms with Crippen LogP contribution >= 0.6 is 0 Å². The second-order valence-electron chi connectivity index (χ2n) is 6.36. The summed E-state index contributed by atoms with van der Waals surface area (Å²) in [6.45, 7) is 9.06. The standard InChI is InChI=1S/C20H23N3O2/c1-14-10-16(3)18(11-15(14)2)19(24)5-4-17-12-21-20(22-13-17)23-6-8-25-9-7-23/h4-5,10-13H,6-9H2,1-3H3/b5-4+. The van der Waals surface area contributed by atoms with Gasteiger partial charge in [0, 0.05) is 36.6 Å². The molecule has 0 saturated carbocycles. The molecule has 0 aliphatic carbocycles. The molecule has 0 bridgehead atoms. The number of ether oxygens (including phenoxy) is 1. The normalized spacial score (nSPS) is 14.9.